The minimum Gasteiger partial charge on any atom is -0.456 e. The van der Waals surface area contributed by atoms with Gasteiger partial charge in [0.05, 0.1) is 11.4 Å². The van der Waals surface area contributed by atoms with Gasteiger partial charge in [0, 0.05) is 17.8 Å². The van der Waals surface area contributed by atoms with Crippen molar-refractivity contribution in [2.75, 3.05) is 29.6 Å². The zero-order valence-electron chi connectivity index (χ0n) is 16.5. The molecule has 0 atom stereocenters. The summed E-state index contributed by atoms with van der Waals surface area (Å²) in [6.45, 7) is 3.25. The minimum atomic E-state index is -0.485. The lowest BCUT2D eigenvalue weighted by atomic mass is 10.1. The van der Waals surface area contributed by atoms with Crippen molar-refractivity contribution in [2.24, 2.45) is 0 Å². The quantitative estimate of drug-likeness (QED) is 0.439. The van der Waals surface area contributed by atoms with E-state index in [1.807, 2.05) is 20.1 Å². The zero-order chi connectivity index (χ0) is 21.0. The van der Waals surface area contributed by atoms with Gasteiger partial charge in [-0.2, -0.15) is 0 Å². The van der Waals surface area contributed by atoms with Gasteiger partial charge in [0.2, 0.25) is 5.91 Å². The molecule has 1 aromatic heterocycles. The van der Waals surface area contributed by atoms with Crippen molar-refractivity contribution in [1.82, 2.24) is 9.97 Å². The van der Waals surface area contributed by atoms with E-state index in [-0.39, 0.29) is 18.9 Å². The Bertz CT molecular complexity index is 940. The predicted molar refractivity (Wildman–Crippen MR) is 110 cm³/mol. The van der Waals surface area contributed by atoms with E-state index in [1.54, 1.807) is 24.3 Å². The van der Waals surface area contributed by atoms with E-state index in [9.17, 15) is 14.4 Å². The molecule has 2 amide bonds. The summed E-state index contributed by atoms with van der Waals surface area (Å²) >= 11 is 1.47. The van der Waals surface area contributed by atoms with Crippen LogP contribution in [0, 0.1) is 13.8 Å². The van der Waals surface area contributed by atoms with Crippen molar-refractivity contribution in [1.29, 1.82) is 0 Å². The summed E-state index contributed by atoms with van der Waals surface area (Å²) < 4.78 is 5.15. The fraction of sp³-hybridized carbons (Fsp3) is 0.350. The number of aryl methyl sites for hydroxylation is 2. The van der Waals surface area contributed by atoms with Gasteiger partial charge in [0.25, 0.3) is 5.91 Å². The van der Waals surface area contributed by atoms with Crippen LogP contribution in [-0.2, 0) is 25.5 Å². The molecule has 0 radical (unpaired) electrons. The topological polar surface area (TPSA) is 101 Å². The van der Waals surface area contributed by atoms with Gasteiger partial charge in [-0.15, -0.1) is 0 Å². The molecule has 1 aromatic carbocycles. The second-order valence-corrected chi connectivity index (χ2v) is 7.34. The Hall–Kier alpha value is -2.94. The van der Waals surface area contributed by atoms with Gasteiger partial charge in [0.1, 0.15) is 6.54 Å². The smallest absolute Gasteiger partial charge is 0.306 e. The minimum absolute atomic E-state index is 0.106. The summed E-state index contributed by atoms with van der Waals surface area (Å²) in [5.74, 6) is -1.22. The predicted octanol–water partition coefficient (Wildman–Crippen LogP) is 2.28. The van der Waals surface area contributed by atoms with Crippen LogP contribution in [0.2, 0.25) is 0 Å². The standard InChI is InChI=1S/C20H22N4O4S/c1-12-14(13(2)22-20(21-12)29-3)8-9-19(27)28-11-18(26)24-10-17(25)23-15-6-4-5-7-16(15)24/h4-7H,8-11H2,1-3H3,(H,23,25). The van der Waals surface area contributed by atoms with Crippen molar-refractivity contribution in [3.05, 3.63) is 41.2 Å². The fourth-order valence-electron chi connectivity index (χ4n) is 3.14. The van der Waals surface area contributed by atoms with Crippen LogP contribution in [0.4, 0.5) is 11.4 Å². The van der Waals surface area contributed by atoms with E-state index in [4.69, 9.17) is 4.74 Å². The van der Waals surface area contributed by atoms with Crippen LogP contribution in [0.3, 0.4) is 0 Å². The molecule has 0 fully saturated rings. The van der Waals surface area contributed by atoms with Crippen LogP contribution in [0.1, 0.15) is 23.4 Å². The first-order valence-corrected chi connectivity index (χ1v) is 10.3. The van der Waals surface area contributed by atoms with Crippen LogP contribution in [0.15, 0.2) is 29.4 Å². The van der Waals surface area contributed by atoms with Gasteiger partial charge in [-0.1, -0.05) is 23.9 Å². The highest BCUT2D eigenvalue weighted by molar-refractivity contribution is 7.98. The molecule has 0 unspecified atom stereocenters. The number of aromatic nitrogens is 2. The Balaban J connectivity index is 1.56. The second-order valence-electron chi connectivity index (χ2n) is 6.57. The summed E-state index contributed by atoms with van der Waals surface area (Å²) in [6, 6.07) is 7.00. The van der Waals surface area contributed by atoms with Crippen molar-refractivity contribution in [3.8, 4) is 0 Å². The number of thioether (sulfide) groups is 1. The highest BCUT2D eigenvalue weighted by atomic mass is 32.2. The van der Waals surface area contributed by atoms with Gasteiger partial charge in [-0.05, 0) is 44.2 Å². The number of nitrogens with one attached hydrogen (secondary N) is 1. The molecule has 8 nitrogen and oxygen atoms in total. The van der Waals surface area contributed by atoms with E-state index in [0.29, 0.717) is 23.0 Å². The zero-order valence-corrected chi connectivity index (χ0v) is 17.3. The molecule has 0 bridgehead atoms. The monoisotopic (exact) mass is 414 g/mol. The molecular weight excluding hydrogens is 392 g/mol. The van der Waals surface area contributed by atoms with Gasteiger partial charge in [-0.3, -0.25) is 19.3 Å². The number of anilines is 2. The van der Waals surface area contributed by atoms with Crippen LogP contribution in [0.5, 0.6) is 0 Å². The second kappa shape index (κ2) is 9.04. The van der Waals surface area contributed by atoms with Gasteiger partial charge in [-0.25, -0.2) is 9.97 Å². The third kappa shape index (κ3) is 4.92. The normalized spacial score (nSPS) is 12.9. The van der Waals surface area contributed by atoms with E-state index in [1.165, 1.54) is 16.7 Å². The number of carbonyl (C=O) groups is 3. The number of esters is 1. The Morgan fingerprint density at radius 3 is 2.59 bits per heavy atom. The molecule has 0 saturated heterocycles. The van der Waals surface area contributed by atoms with Crippen LogP contribution >= 0.6 is 11.8 Å². The number of rotatable bonds is 6. The number of ether oxygens (including phenoxy) is 1. The molecule has 0 saturated carbocycles. The highest BCUT2D eigenvalue weighted by Gasteiger charge is 2.27. The summed E-state index contributed by atoms with van der Waals surface area (Å²) in [5, 5.41) is 3.41. The van der Waals surface area contributed by atoms with E-state index >= 15 is 0 Å². The van der Waals surface area contributed by atoms with E-state index in [2.05, 4.69) is 15.3 Å². The number of carbonyl (C=O) groups excluding carboxylic acids is 3. The number of para-hydroxylation sites is 2. The fourth-order valence-corrected chi connectivity index (χ4v) is 3.59. The van der Waals surface area contributed by atoms with Crippen LogP contribution in [0.25, 0.3) is 0 Å². The first kappa shape index (κ1) is 20.8. The maximum Gasteiger partial charge on any atom is 0.306 e. The molecule has 9 heteroatoms. The Morgan fingerprint density at radius 1 is 1.21 bits per heavy atom. The largest absolute Gasteiger partial charge is 0.456 e. The molecule has 1 aliphatic heterocycles. The average molecular weight is 414 g/mol. The number of hydrogen-bond acceptors (Lipinski definition) is 7. The van der Waals surface area contributed by atoms with E-state index < -0.39 is 18.5 Å². The van der Waals surface area contributed by atoms with Crippen LogP contribution < -0.4 is 10.2 Å². The maximum absolute atomic E-state index is 12.5. The lowest BCUT2D eigenvalue weighted by Crippen LogP contribution is -2.44. The number of amides is 2. The maximum atomic E-state index is 12.5. The molecule has 29 heavy (non-hydrogen) atoms. The summed E-state index contributed by atoms with van der Waals surface area (Å²) in [5.41, 5.74) is 3.73. The first-order chi connectivity index (χ1) is 13.9. The van der Waals surface area contributed by atoms with Crippen molar-refractivity contribution >= 4 is 40.9 Å². The summed E-state index contributed by atoms with van der Waals surface area (Å²) in [4.78, 5) is 46.6. The Labute approximate surface area is 173 Å². The Morgan fingerprint density at radius 2 is 1.90 bits per heavy atom. The molecule has 1 aliphatic rings. The van der Waals surface area contributed by atoms with E-state index in [0.717, 1.165) is 17.0 Å². The van der Waals surface area contributed by atoms with Gasteiger partial charge >= 0.3 is 5.97 Å². The molecular formula is C20H22N4O4S. The third-order valence-electron chi connectivity index (χ3n) is 4.59. The molecule has 152 valence electrons. The molecule has 2 heterocycles. The van der Waals surface area contributed by atoms with Crippen molar-refractivity contribution < 1.29 is 19.1 Å². The number of hydrogen-bond donors (Lipinski definition) is 1. The number of fused-ring (bicyclic) bond motifs is 1. The molecule has 0 aliphatic carbocycles. The average Bonchev–Trinajstić information content (AvgIpc) is 2.70. The first-order valence-electron chi connectivity index (χ1n) is 9.12. The van der Waals surface area contributed by atoms with Crippen LogP contribution in [-0.4, -0.2) is 47.2 Å². The summed E-state index contributed by atoms with van der Waals surface area (Å²) in [7, 11) is 0. The molecule has 2 aromatic rings. The van der Waals surface area contributed by atoms with Crippen molar-refractivity contribution in [2.45, 2.75) is 31.8 Å². The molecule has 1 N–H and O–H groups in total. The number of benzene rings is 1. The summed E-state index contributed by atoms with van der Waals surface area (Å²) in [6.07, 6.45) is 2.47. The lowest BCUT2D eigenvalue weighted by molar-refractivity contribution is -0.147. The van der Waals surface area contributed by atoms with Gasteiger partial charge in [0.15, 0.2) is 11.8 Å². The van der Waals surface area contributed by atoms with Crippen molar-refractivity contribution in [3.63, 3.8) is 0 Å². The molecule has 0 spiro atoms. The Kier molecular flexibility index (Phi) is 6.48. The molecule has 3 rings (SSSR count). The third-order valence-corrected chi connectivity index (χ3v) is 5.14. The lowest BCUT2D eigenvalue weighted by Gasteiger charge is -2.28. The highest BCUT2D eigenvalue weighted by Crippen LogP contribution is 2.28. The SMILES string of the molecule is CSc1nc(C)c(CCC(=O)OCC(=O)N2CC(=O)Nc3ccccc32)c(C)n1. The number of nitrogens with zero attached hydrogens (tertiary/aromatic N) is 3. The van der Waals surface area contributed by atoms with Gasteiger partial charge < -0.3 is 10.1 Å².